The molecule has 0 saturated heterocycles. The van der Waals surface area contributed by atoms with Crippen molar-refractivity contribution in [2.45, 2.75) is 87.2 Å². The minimum atomic E-state index is -0.424. The van der Waals surface area contributed by atoms with E-state index in [-0.39, 0.29) is 11.4 Å². The highest BCUT2D eigenvalue weighted by Crippen LogP contribution is 2.44. The maximum atomic E-state index is 12.7. The van der Waals surface area contributed by atoms with Gasteiger partial charge in [0, 0.05) is 0 Å². The van der Waals surface area contributed by atoms with E-state index >= 15 is 0 Å². The molecular weight excluding hydrogens is 236 g/mol. The van der Waals surface area contributed by atoms with Gasteiger partial charge in [0.25, 0.3) is 0 Å². The average molecular weight is 270 g/mol. The van der Waals surface area contributed by atoms with Crippen LogP contribution >= 0.6 is 0 Å². The van der Waals surface area contributed by atoms with Crippen LogP contribution in [0.1, 0.15) is 81.6 Å². The molecule has 0 rings (SSSR count). The second-order valence-corrected chi connectivity index (χ2v) is 7.63. The molecule has 0 amide bonds. The molecule has 0 aliphatic rings. The number of rotatable bonds is 6. The lowest BCUT2D eigenvalue weighted by molar-refractivity contribution is -0.180. The number of ether oxygens (including phenoxy) is 1. The third-order valence-corrected chi connectivity index (χ3v) is 5.01. The molecule has 114 valence electrons. The highest BCUT2D eigenvalue weighted by Gasteiger charge is 2.46. The van der Waals surface area contributed by atoms with Crippen molar-refractivity contribution in [3.8, 4) is 0 Å². The lowest BCUT2D eigenvalue weighted by atomic mass is 9.65. The van der Waals surface area contributed by atoms with E-state index in [4.69, 9.17) is 4.74 Å². The van der Waals surface area contributed by atoms with E-state index in [1.807, 2.05) is 20.8 Å². The summed E-state index contributed by atoms with van der Waals surface area (Å²) < 4.78 is 5.90. The number of carbonyl (C=O) groups excluding carboxylic acids is 1. The number of carbonyl (C=O) groups is 1. The van der Waals surface area contributed by atoms with Crippen molar-refractivity contribution in [2.75, 3.05) is 0 Å². The van der Waals surface area contributed by atoms with Gasteiger partial charge in [-0.2, -0.15) is 0 Å². The Morgan fingerprint density at radius 3 is 1.84 bits per heavy atom. The fourth-order valence-corrected chi connectivity index (χ4v) is 2.23. The highest BCUT2D eigenvalue weighted by atomic mass is 16.6. The molecule has 0 aromatic heterocycles. The summed E-state index contributed by atoms with van der Waals surface area (Å²) in [6.45, 7) is 18.9. The van der Waals surface area contributed by atoms with Gasteiger partial charge in [0.1, 0.15) is 5.60 Å². The van der Waals surface area contributed by atoms with Gasteiger partial charge in [0.2, 0.25) is 0 Å². The molecule has 0 N–H and O–H groups in total. The van der Waals surface area contributed by atoms with Gasteiger partial charge in [-0.05, 0) is 44.9 Å². The monoisotopic (exact) mass is 270 g/mol. The summed E-state index contributed by atoms with van der Waals surface area (Å²) in [4.78, 5) is 12.7. The molecule has 19 heavy (non-hydrogen) atoms. The van der Waals surface area contributed by atoms with E-state index in [2.05, 4.69) is 41.5 Å². The van der Waals surface area contributed by atoms with Crippen molar-refractivity contribution in [1.82, 2.24) is 0 Å². The molecule has 2 heteroatoms. The maximum absolute atomic E-state index is 12.7. The van der Waals surface area contributed by atoms with E-state index in [1.54, 1.807) is 0 Å². The van der Waals surface area contributed by atoms with Crippen LogP contribution < -0.4 is 0 Å². The molecule has 0 bridgehead atoms. The minimum absolute atomic E-state index is 0.0489. The summed E-state index contributed by atoms with van der Waals surface area (Å²) in [6.07, 6.45) is 2.87. The molecule has 0 spiro atoms. The average Bonchev–Trinajstić information content (AvgIpc) is 2.25. The zero-order chi connectivity index (χ0) is 15.5. The summed E-state index contributed by atoms with van der Waals surface area (Å²) in [5, 5.41) is 0. The first-order valence-electron chi connectivity index (χ1n) is 7.65. The molecule has 2 atom stereocenters. The normalized spacial score (nSPS) is 17.7. The quantitative estimate of drug-likeness (QED) is 0.619. The predicted molar refractivity (Wildman–Crippen MR) is 82.1 cm³/mol. The molecule has 0 heterocycles. The number of esters is 1. The van der Waals surface area contributed by atoms with Gasteiger partial charge in [0.15, 0.2) is 0 Å². The zero-order valence-electron chi connectivity index (χ0n) is 14.5. The molecule has 0 aromatic carbocycles. The third kappa shape index (κ3) is 4.22. The Bertz CT molecular complexity index is 299. The van der Waals surface area contributed by atoms with Crippen molar-refractivity contribution in [3.63, 3.8) is 0 Å². The summed E-state index contributed by atoms with van der Waals surface area (Å²) in [5.74, 6) is 0.314. The number of hydrogen-bond donors (Lipinski definition) is 0. The Labute approximate surface area is 120 Å². The van der Waals surface area contributed by atoms with Crippen LogP contribution in [0, 0.1) is 16.7 Å². The molecular formula is C17H34O2. The first-order valence-corrected chi connectivity index (χ1v) is 7.65. The second-order valence-electron chi connectivity index (χ2n) is 7.63. The molecule has 0 aliphatic carbocycles. The lowest BCUT2D eigenvalue weighted by Gasteiger charge is -2.43. The van der Waals surface area contributed by atoms with Crippen LogP contribution in [0.15, 0.2) is 0 Å². The molecule has 0 radical (unpaired) electrons. The van der Waals surface area contributed by atoms with Gasteiger partial charge in [0.05, 0.1) is 5.41 Å². The highest BCUT2D eigenvalue weighted by molar-refractivity contribution is 5.77. The Kier molecular flexibility index (Phi) is 6.10. The van der Waals surface area contributed by atoms with E-state index in [0.717, 1.165) is 19.3 Å². The van der Waals surface area contributed by atoms with Crippen LogP contribution in [0.5, 0.6) is 0 Å². The van der Waals surface area contributed by atoms with Crippen LogP contribution in [0.4, 0.5) is 0 Å². The smallest absolute Gasteiger partial charge is 0.312 e. The van der Waals surface area contributed by atoms with E-state index in [9.17, 15) is 4.79 Å². The van der Waals surface area contributed by atoms with Gasteiger partial charge >= 0.3 is 5.97 Å². The third-order valence-electron chi connectivity index (χ3n) is 5.01. The molecule has 2 unspecified atom stereocenters. The number of hydrogen-bond acceptors (Lipinski definition) is 2. The largest absolute Gasteiger partial charge is 0.459 e. The Balaban J connectivity index is 5.16. The fraction of sp³-hybridized carbons (Fsp3) is 0.941. The summed E-state index contributed by atoms with van der Waals surface area (Å²) in [5.41, 5.74) is -0.913. The zero-order valence-corrected chi connectivity index (χ0v) is 14.5. The van der Waals surface area contributed by atoms with Crippen LogP contribution in [0.25, 0.3) is 0 Å². The van der Waals surface area contributed by atoms with Gasteiger partial charge in [-0.15, -0.1) is 0 Å². The molecule has 0 fully saturated rings. The standard InChI is InChI=1S/C17H34O2/c1-10-12-17(9,15(4,5)6)14(18)19-16(7,8)13(3)11-2/h13H,10-12H2,1-9H3. The topological polar surface area (TPSA) is 26.3 Å². The van der Waals surface area contributed by atoms with E-state index in [0.29, 0.717) is 5.92 Å². The predicted octanol–water partition coefficient (Wildman–Crippen LogP) is 5.21. The van der Waals surface area contributed by atoms with Gasteiger partial charge in [-0.25, -0.2) is 0 Å². The minimum Gasteiger partial charge on any atom is -0.459 e. The van der Waals surface area contributed by atoms with E-state index in [1.165, 1.54) is 0 Å². The van der Waals surface area contributed by atoms with Crippen molar-refractivity contribution < 1.29 is 9.53 Å². The summed E-state index contributed by atoms with van der Waals surface area (Å²) in [7, 11) is 0. The SMILES string of the molecule is CCCC(C)(C(=O)OC(C)(C)C(C)CC)C(C)(C)C. The Morgan fingerprint density at radius 2 is 1.53 bits per heavy atom. The van der Waals surface area contributed by atoms with Crippen molar-refractivity contribution in [2.24, 2.45) is 16.7 Å². The fourth-order valence-electron chi connectivity index (χ4n) is 2.23. The molecule has 2 nitrogen and oxygen atoms in total. The van der Waals surface area contributed by atoms with Crippen molar-refractivity contribution >= 4 is 5.97 Å². The summed E-state index contributed by atoms with van der Waals surface area (Å²) >= 11 is 0. The summed E-state index contributed by atoms with van der Waals surface area (Å²) in [6, 6.07) is 0. The lowest BCUT2D eigenvalue weighted by Crippen LogP contribution is -2.46. The van der Waals surface area contributed by atoms with Crippen molar-refractivity contribution in [3.05, 3.63) is 0 Å². The van der Waals surface area contributed by atoms with Crippen molar-refractivity contribution in [1.29, 1.82) is 0 Å². The van der Waals surface area contributed by atoms with Gasteiger partial charge in [-0.3, -0.25) is 4.79 Å². The van der Waals surface area contributed by atoms with Crippen LogP contribution in [0.3, 0.4) is 0 Å². The van der Waals surface area contributed by atoms with Crippen LogP contribution in [0.2, 0.25) is 0 Å². The van der Waals surface area contributed by atoms with Crippen LogP contribution in [-0.2, 0) is 9.53 Å². The van der Waals surface area contributed by atoms with E-state index < -0.39 is 11.0 Å². The van der Waals surface area contributed by atoms with Gasteiger partial charge < -0.3 is 4.74 Å². The first-order chi connectivity index (χ1) is 8.42. The Morgan fingerprint density at radius 1 is 1.05 bits per heavy atom. The van der Waals surface area contributed by atoms with Gasteiger partial charge in [-0.1, -0.05) is 48.0 Å². The molecule has 0 aliphatic heterocycles. The first kappa shape index (κ1) is 18.5. The molecule has 0 aromatic rings. The Hall–Kier alpha value is -0.530. The molecule has 0 saturated carbocycles. The maximum Gasteiger partial charge on any atom is 0.312 e. The second kappa shape index (κ2) is 6.28. The van der Waals surface area contributed by atoms with Crippen LogP contribution in [-0.4, -0.2) is 11.6 Å².